The van der Waals surface area contributed by atoms with Crippen LogP contribution in [-0.4, -0.2) is 18.5 Å². The van der Waals surface area contributed by atoms with Gasteiger partial charge in [-0.1, -0.05) is 6.07 Å². The van der Waals surface area contributed by atoms with Crippen molar-refractivity contribution in [3.8, 4) is 0 Å². The molecule has 0 radical (unpaired) electrons. The summed E-state index contributed by atoms with van der Waals surface area (Å²) in [6.45, 7) is 1.17. The highest BCUT2D eigenvalue weighted by atomic mass is 19.4. The van der Waals surface area contributed by atoms with Crippen molar-refractivity contribution < 1.29 is 27.5 Å². The second-order valence-electron chi connectivity index (χ2n) is 3.72. The first kappa shape index (κ1) is 15.0. The Morgan fingerprint density at radius 1 is 1.32 bits per heavy atom. The zero-order valence-electron chi connectivity index (χ0n) is 10.1. The fourth-order valence-corrected chi connectivity index (χ4v) is 1.33. The molecule has 4 nitrogen and oxygen atoms in total. The molecule has 7 heteroatoms. The SMILES string of the molecule is CC(=O)OC(=O)CCNc1cccc(C(F)(F)F)c1. The summed E-state index contributed by atoms with van der Waals surface area (Å²) in [4.78, 5) is 21.5. The highest BCUT2D eigenvalue weighted by molar-refractivity contribution is 5.84. The summed E-state index contributed by atoms with van der Waals surface area (Å²) in [5, 5.41) is 2.65. The molecule has 0 aliphatic heterocycles. The van der Waals surface area contributed by atoms with E-state index in [0.29, 0.717) is 0 Å². The first-order chi connectivity index (χ1) is 8.79. The summed E-state index contributed by atoms with van der Waals surface area (Å²) in [6, 6.07) is 4.61. The first-order valence-electron chi connectivity index (χ1n) is 5.41. The molecule has 0 bridgehead atoms. The number of rotatable bonds is 4. The average Bonchev–Trinajstić information content (AvgIpc) is 2.27. The predicted molar refractivity (Wildman–Crippen MR) is 61.3 cm³/mol. The number of benzene rings is 1. The van der Waals surface area contributed by atoms with E-state index in [1.165, 1.54) is 12.1 Å². The van der Waals surface area contributed by atoms with E-state index in [0.717, 1.165) is 19.1 Å². The Balaban J connectivity index is 2.50. The molecule has 0 atom stereocenters. The minimum atomic E-state index is -4.41. The van der Waals surface area contributed by atoms with Crippen LogP contribution >= 0.6 is 0 Å². The van der Waals surface area contributed by atoms with Crippen molar-refractivity contribution in [2.75, 3.05) is 11.9 Å². The smallest absolute Gasteiger partial charge is 0.393 e. The molecule has 0 aliphatic rings. The standard InChI is InChI=1S/C12H12F3NO3/c1-8(17)19-11(18)5-6-16-10-4-2-3-9(7-10)12(13,14)15/h2-4,7,16H,5-6H2,1H3. The number of hydrogen-bond acceptors (Lipinski definition) is 4. The quantitative estimate of drug-likeness (QED) is 0.678. The van der Waals surface area contributed by atoms with Crippen molar-refractivity contribution in [1.82, 2.24) is 0 Å². The van der Waals surface area contributed by atoms with E-state index in [4.69, 9.17) is 0 Å². The van der Waals surface area contributed by atoms with Crippen LogP contribution in [0.15, 0.2) is 24.3 Å². The molecule has 104 valence electrons. The first-order valence-corrected chi connectivity index (χ1v) is 5.41. The summed E-state index contributed by atoms with van der Waals surface area (Å²) in [7, 11) is 0. The van der Waals surface area contributed by atoms with Gasteiger partial charge in [-0.2, -0.15) is 13.2 Å². The Labute approximate surface area is 107 Å². The Bertz CT molecular complexity index is 472. The van der Waals surface area contributed by atoms with Crippen molar-refractivity contribution in [2.45, 2.75) is 19.5 Å². The van der Waals surface area contributed by atoms with Crippen LogP contribution in [0, 0.1) is 0 Å². The Morgan fingerprint density at radius 3 is 2.58 bits per heavy atom. The van der Waals surface area contributed by atoms with Crippen LogP contribution in [0.3, 0.4) is 0 Å². The molecule has 0 heterocycles. The average molecular weight is 275 g/mol. The van der Waals surface area contributed by atoms with Gasteiger partial charge in [-0.3, -0.25) is 9.59 Å². The maximum Gasteiger partial charge on any atom is 0.416 e. The Kier molecular flexibility index (Phi) is 4.91. The highest BCUT2D eigenvalue weighted by Crippen LogP contribution is 2.30. The molecule has 0 aliphatic carbocycles. The minimum Gasteiger partial charge on any atom is -0.393 e. The molecule has 1 aromatic carbocycles. The number of halogens is 3. The lowest BCUT2D eigenvalue weighted by Gasteiger charge is -2.10. The normalized spacial score (nSPS) is 10.9. The van der Waals surface area contributed by atoms with Gasteiger partial charge < -0.3 is 10.1 Å². The highest BCUT2D eigenvalue weighted by Gasteiger charge is 2.30. The van der Waals surface area contributed by atoms with E-state index < -0.39 is 23.7 Å². The lowest BCUT2D eigenvalue weighted by Crippen LogP contribution is -2.14. The van der Waals surface area contributed by atoms with E-state index in [2.05, 4.69) is 10.1 Å². The summed E-state index contributed by atoms with van der Waals surface area (Å²) in [6.07, 6.45) is -4.53. The molecule has 0 fully saturated rings. The maximum atomic E-state index is 12.4. The third-order valence-corrected chi connectivity index (χ3v) is 2.11. The number of ether oxygens (including phenoxy) is 1. The largest absolute Gasteiger partial charge is 0.416 e. The Morgan fingerprint density at radius 2 is 2.00 bits per heavy atom. The molecule has 0 amide bonds. The second-order valence-corrected chi connectivity index (χ2v) is 3.72. The van der Waals surface area contributed by atoms with Crippen LogP contribution in [0.2, 0.25) is 0 Å². The zero-order valence-corrected chi connectivity index (χ0v) is 10.1. The van der Waals surface area contributed by atoms with E-state index in [-0.39, 0.29) is 18.7 Å². The number of anilines is 1. The van der Waals surface area contributed by atoms with Crippen molar-refractivity contribution in [1.29, 1.82) is 0 Å². The zero-order chi connectivity index (χ0) is 14.5. The summed E-state index contributed by atoms with van der Waals surface area (Å²) >= 11 is 0. The van der Waals surface area contributed by atoms with Gasteiger partial charge in [-0.25, -0.2) is 0 Å². The van der Waals surface area contributed by atoms with Gasteiger partial charge >= 0.3 is 18.1 Å². The van der Waals surface area contributed by atoms with Gasteiger partial charge in [0.25, 0.3) is 0 Å². The lowest BCUT2D eigenvalue weighted by molar-refractivity contribution is -0.157. The van der Waals surface area contributed by atoms with E-state index in [1.807, 2.05) is 0 Å². The number of hydrogen-bond donors (Lipinski definition) is 1. The number of carbonyl (C=O) groups excluding carboxylic acids is 2. The second kappa shape index (κ2) is 6.21. The summed E-state index contributed by atoms with van der Waals surface area (Å²) in [5.74, 6) is -1.45. The van der Waals surface area contributed by atoms with Gasteiger partial charge in [0.15, 0.2) is 0 Å². The van der Waals surface area contributed by atoms with E-state index in [1.54, 1.807) is 0 Å². The van der Waals surface area contributed by atoms with Crippen LogP contribution in [0.5, 0.6) is 0 Å². The topological polar surface area (TPSA) is 55.4 Å². The predicted octanol–water partition coefficient (Wildman–Crippen LogP) is 2.60. The fourth-order valence-electron chi connectivity index (χ4n) is 1.33. The van der Waals surface area contributed by atoms with Gasteiger partial charge in [-0.15, -0.1) is 0 Å². The number of esters is 2. The molecule has 1 N–H and O–H groups in total. The van der Waals surface area contributed by atoms with Gasteiger partial charge in [0.05, 0.1) is 12.0 Å². The van der Waals surface area contributed by atoms with Crippen LogP contribution in [0.1, 0.15) is 18.9 Å². The molecule has 0 unspecified atom stereocenters. The molecule has 0 aromatic heterocycles. The van der Waals surface area contributed by atoms with Crippen LogP contribution < -0.4 is 5.32 Å². The van der Waals surface area contributed by atoms with Crippen molar-refractivity contribution >= 4 is 17.6 Å². The van der Waals surface area contributed by atoms with Crippen molar-refractivity contribution in [3.63, 3.8) is 0 Å². The molecule has 0 spiro atoms. The third-order valence-electron chi connectivity index (χ3n) is 2.11. The van der Waals surface area contributed by atoms with Crippen molar-refractivity contribution in [3.05, 3.63) is 29.8 Å². The molecule has 19 heavy (non-hydrogen) atoms. The van der Waals surface area contributed by atoms with Gasteiger partial charge in [-0.05, 0) is 18.2 Å². The minimum absolute atomic E-state index is 0.0768. The number of carbonyl (C=O) groups is 2. The molecular weight excluding hydrogens is 263 g/mol. The lowest BCUT2D eigenvalue weighted by atomic mass is 10.2. The number of alkyl halides is 3. The monoisotopic (exact) mass is 275 g/mol. The van der Waals surface area contributed by atoms with Crippen LogP contribution in [0.25, 0.3) is 0 Å². The molecule has 0 saturated carbocycles. The Hall–Kier alpha value is -2.05. The molecule has 0 saturated heterocycles. The molecule has 1 aromatic rings. The van der Waals surface area contributed by atoms with Gasteiger partial charge in [0.2, 0.25) is 0 Å². The summed E-state index contributed by atoms with van der Waals surface area (Å²) in [5.41, 5.74) is -0.533. The third kappa shape index (κ3) is 5.41. The van der Waals surface area contributed by atoms with Gasteiger partial charge in [0, 0.05) is 19.2 Å². The fraction of sp³-hybridized carbons (Fsp3) is 0.333. The number of nitrogens with one attached hydrogen (secondary N) is 1. The molecular formula is C12H12F3NO3. The van der Waals surface area contributed by atoms with E-state index in [9.17, 15) is 22.8 Å². The van der Waals surface area contributed by atoms with Gasteiger partial charge in [0.1, 0.15) is 0 Å². The summed E-state index contributed by atoms with van der Waals surface area (Å²) < 4.78 is 41.5. The molecule has 1 rings (SSSR count). The van der Waals surface area contributed by atoms with Crippen molar-refractivity contribution in [2.24, 2.45) is 0 Å². The van der Waals surface area contributed by atoms with Crippen LogP contribution in [0.4, 0.5) is 18.9 Å². The van der Waals surface area contributed by atoms with E-state index >= 15 is 0 Å². The van der Waals surface area contributed by atoms with Crippen LogP contribution in [-0.2, 0) is 20.5 Å². The maximum absolute atomic E-state index is 12.4.